The van der Waals surface area contributed by atoms with Gasteiger partial charge in [-0.3, -0.25) is 4.79 Å². The molecule has 1 aliphatic rings. The van der Waals surface area contributed by atoms with Crippen LogP contribution in [0.15, 0.2) is 36.0 Å². The van der Waals surface area contributed by atoms with Gasteiger partial charge in [-0.2, -0.15) is 0 Å². The van der Waals surface area contributed by atoms with Crippen molar-refractivity contribution in [3.63, 3.8) is 0 Å². The third-order valence-electron chi connectivity index (χ3n) is 1.19. The molecule has 0 unspecified atom stereocenters. The first-order valence-corrected chi connectivity index (χ1v) is 2.91. The van der Waals surface area contributed by atoms with E-state index in [9.17, 15) is 4.79 Å². The maximum Gasteiger partial charge on any atom is 0.142 e. The second-order valence-corrected chi connectivity index (χ2v) is 1.87. The van der Waals surface area contributed by atoms with Gasteiger partial charge in [-0.1, -0.05) is 24.3 Å². The van der Waals surface area contributed by atoms with Crippen LogP contribution in [0, 0.1) is 0 Å². The van der Waals surface area contributed by atoms with Crippen molar-refractivity contribution >= 4 is 6.29 Å². The summed E-state index contributed by atoms with van der Waals surface area (Å²) in [5, 5.41) is 0. The molecule has 0 fully saturated rings. The molecule has 0 N–H and O–H groups in total. The molecule has 0 aromatic carbocycles. The second-order valence-electron chi connectivity index (χ2n) is 1.87. The monoisotopic (exact) mass is 120 g/mol. The number of hydrogen-bond donors (Lipinski definition) is 0. The Morgan fingerprint density at radius 1 is 1.56 bits per heavy atom. The Morgan fingerprint density at radius 3 is 3.00 bits per heavy atom. The average Bonchev–Trinajstić information content (AvgIpc) is 2.34. The van der Waals surface area contributed by atoms with E-state index in [4.69, 9.17) is 0 Å². The molecule has 0 atom stereocenters. The SMILES string of the molecule is O=CC=CC1=CC=CC1. The molecule has 0 saturated heterocycles. The van der Waals surface area contributed by atoms with E-state index in [0.717, 1.165) is 12.7 Å². The van der Waals surface area contributed by atoms with Crippen LogP contribution in [-0.2, 0) is 4.79 Å². The molecule has 0 saturated carbocycles. The van der Waals surface area contributed by atoms with Crippen molar-refractivity contribution < 1.29 is 4.79 Å². The van der Waals surface area contributed by atoms with Gasteiger partial charge in [0, 0.05) is 0 Å². The highest BCUT2D eigenvalue weighted by molar-refractivity contribution is 5.66. The second kappa shape index (κ2) is 3.02. The van der Waals surface area contributed by atoms with E-state index in [2.05, 4.69) is 6.08 Å². The zero-order valence-corrected chi connectivity index (χ0v) is 5.08. The maximum absolute atomic E-state index is 9.83. The summed E-state index contributed by atoms with van der Waals surface area (Å²) in [6, 6.07) is 0. The standard InChI is InChI=1S/C8H8O/c9-7-3-6-8-4-1-2-5-8/h1-4,6-7H,5H2. The van der Waals surface area contributed by atoms with Crippen molar-refractivity contribution in [2.24, 2.45) is 0 Å². The lowest BCUT2D eigenvalue weighted by molar-refractivity contribution is -0.104. The number of hydrogen-bond acceptors (Lipinski definition) is 1. The van der Waals surface area contributed by atoms with Crippen LogP contribution in [0.3, 0.4) is 0 Å². The molecule has 0 amide bonds. The fraction of sp³-hybridized carbons (Fsp3) is 0.125. The van der Waals surface area contributed by atoms with Crippen LogP contribution in [0.25, 0.3) is 0 Å². The summed E-state index contributed by atoms with van der Waals surface area (Å²) in [6.07, 6.45) is 11.1. The highest BCUT2D eigenvalue weighted by Crippen LogP contribution is 2.10. The van der Waals surface area contributed by atoms with Crippen LogP contribution in [0.5, 0.6) is 0 Å². The Labute approximate surface area is 54.4 Å². The first-order chi connectivity index (χ1) is 4.43. The quantitative estimate of drug-likeness (QED) is 0.400. The summed E-state index contributed by atoms with van der Waals surface area (Å²) in [7, 11) is 0. The average molecular weight is 120 g/mol. The Balaban J connectivity index is 2.47. The van der Waals surface area contributed by atoms with Gasteiger partial charge in [0.05, 0.1) is 0 Å². The Morgan fingerprint density at radius 2 is 2.44 bits per heavy atom. The minimum Gasteiger partial charge on any atom is -0.299 e. The summed E-state index contributed by atoms with van der Waals surface area (Å²) in [4.78, 5) is 9.83. The van der Waals surface area contributed by atoms with Crippen LogP contribution < -0.4 is 0 Å². The van der Waals surface area contributed by atoms with E-state index in [1.54, 1.807) is 0 Å². The zero-order valence-electron chi connectivity index (χ0n) is 5.08. The topological polar surface area (TPSA) is 17.1 Å². The molecule has 0 aliphatic heterocycles. The van der Waals surface area contributed by atoms with Gasteiger partial charge in [-0.15, -0.1) is 0 Å². The fourth-order valence-corrected chi connectivity index (χ4v) is 0.750. The smallest absolute Gasteiger partial charge is 0.142 e. The third-order valence-corrected chi connectivity index (χ3v) is 1.19. The first-order valence-electron chi connectivity index (χ1n) is 2.91. The van der Waals surface area contributed by atoms with Gasteiger partial charge in [0.2, 0.25) is 0 Å². The minimum absolute atomic E-state index is 0.791. The number of rotatable bonds is 2. The molecule has 1 rings (SSSR count). The van der Waals surface area contributed by atoms with E-state index in [-0.39, 0.29) is 0 Å². The van der Waals surface area contributed by atoms with Gasteiger partial charge in [0.25, 0.3) is 0 Å². The molecule has 46 valence electrons. The number of aldehydes is 1. The van der Waals surface area contributed by atoms with Gasteiger partial charge in [0.15, 0.2) is 0 Å². The van der Waals surface area contributed by atoms with E-state index in [1.165, 1.54) is 11.6 Å². The Hall–Kier alpha value is -1.11. The largest absolute Gasteiger partial charge is 0.299 e. The van der Waals surface area contributed by atoms with Crippen molar-refractivity contribution in [3.05, 3.63) is 36.0 Å². The molecule has 0 radical (unpaired) electrons. The normalized spacial score (nSPS) is 16.7. The first kappa shape index (κ1) is 6.02. The molecule has 9 heavy (non-hydrogen) atoms. The molecule has 1 nitrogen and oxygen atoms in total. The summed E-state index contributed by atoms with van der Waals surface area (Å²) in [5.74, 6) is 0. The zero-order chi connectivity index (χ0) is 6.53. The lowest BCUT2D eigenvalue weighted by atomic mass is 10.2. The number of carbonyl (C=O) groups excluding carboxylic acids is 1. The lowest BCUT2D eigenvalue weighted by Gasteiger charge is -1.84. The third kappa shape index (κ3) is 1.68. The van der Waals surface area contributed by atoms with Crippen LogP contribution >= 0.6 is 0 Å². The van der Waals surface area contributed by atoms with Gasteiger partial charge in [-0.25, -0.2) is 0 Å². The van der Waals surface area contributed by atoms with E-state index < -0.39 is 0 Å². The van der Waals surface area contributed by atoms with Crippen LogP contribution in [-0.4, -0.2) is 6.29 Å². The van der Waals surface area contributed by atoms with Gasteiger partial charge in [0.1, 0.15) is 6.29 Å². The molecule has 0 aromatic rings. The van der Waals surface area contributed by atoms with E-state index in [0.29, 0.717) is 0 Å². The van der Waals surface area contributed by atoms with Crippen LogP contribution in [0.4, 0.5) is 0 Å². The number of allylic oxidation sites excluding steroid dienone is 6. The Bertz CT molecular complexity index is 185. The Kier molecular flexibility index (Phi) is 2.02. The molecule has 0 spiro atoms. The predicted molar refractivity (Wildman–Crippen MR) is 37.0 cm³/mol. The van der Waals surface area contributed by atoms with Crippen molar-refractivity contribution in [1.29, 1.82) is 0 Å². The van der Waals surface area contributed by atoms with Crippen molar-refractivity contribution in [2.45, 2.75) is 6.42 Å². The van der Waals surface area contributed by atoms with Crippen LogP contribution in [0.2, 0.25) is 0 Å². The maximum atomic E-state index is 9.83. The van der Waals surface area contributed by atoms with Crippen molar-refractivity contribution in [3.8, 4) is 0 Å². The molecular weight excluding hydrogens is 112 g/mol. The minimum atomic E-state index is 0.791. The van der Waals surface area contributed by atoms with Gasteiger partial charge < -0.3 is 0 Å². The van der Waals surface area contributed by atoms with Gasteiger partial charge >= 0.3 is 0 Å². The summed E-state index contributed by atoms with van der Waals surface area (Å²) in [5.41, 5.74) is 1.20. The van der Waals surface area contributed by atoms with Gasteiger partial charge in [-0.05, 0) is 18.1 Å². The number of carbonyl (C=O) groups is 1. The lowest BCUT2D eigenvalue weighted by Crippen LogP contribution is -1.68. The van der Waals surface area contributed by atoms with Crippen LogP contribution in [0.1, 0.15) is 6.42 Å². The van der Waals surface area contributed by atoms with E-state index in [1.807, 2.05) is 18.2 Å². The molecule has 0 aromatic heterocycles. The highest BCUT2D eigenvalue weighted by Gasteiger charge is 1.91. The molecular formula is C8H8O. The van der Waals surface area contributed by atoms with Crippen molar-refractivity contribution in [2.75, 3.05) is 0 Å². The molecule has 0 bridgehead atoms. The molecule has 1 heteroatoms. The summed E-state index contributed by atoms with van der Waals surface area (Å²) < 4.78 is 0. The molecule has 0 heterocycles. The fourth-order valence-electron chi connectivity index (χ4n) is 0.750. The summed E-state index contributed by atoms with van der Waals surface area (Å²) in [6.45, 7) is 0. The van der Waals surface area contributed by atoms with Crippen molar-refractivity contribution in [1.82, 2.24) is 0 Å². The predicted octanol–water partition coefficient (Wildman–Crippen LogP) is 1.63. The summed E-state index contributed by atoms with van der Waals surface area (Å²) >= 11 is 0. The molecule has 1 aliphatic carbocycles. The highest BCUT2D eigenvalue weighted by atomic mass is 16.1. The van der Waals surface area contributed by atoms with E-state index >= 15 is 0 Å².